The summed E-state index contributed by atoms with van der Waals surface area (Å²) in [6.45, 7) is 3.66. The second-order valence-corrected chi connectivity index (χ2v) is 7.22. The first-order valence-corrected chi connectivity index (χ1v) is 9.26. The molecule has 3 rings (SSSR count). The van der Waals surface area contributed by atoms with E-state index < -0.39 is 0 Å². The molecule has 24 heavy (non-hydrogen) atoms. The largest absolute Gasteiger partial charge is 0.353 e. The predicted octanol–water partition coefficient (Wildman–Crippen LogP) is 2.83. The van der Waals surface area contributed by atoms with E-state index in [1.807, 2.05) is 17.0 Å². The van der Waals surface area contributed by atoms with Gasteiger partial charge in [-0.15, -0.1) is 0 Å². The normalized spacial score (nSPS) is 19.0. The Hall–Kier alpha value is -1.84. The molecular formula is C20H28N2O2. The van der Waals surface area contributed by atoms with Crippen LogP contribution < -0.4 is 5.32 Å². The Morgan fingerprint density at radius 1 is 1.12 bits per heavy atom. The summed E-state index contributed by atoms with van der Waals surface area (Å²) in [5, 5.41) is 3.15. The van der Waals surface area contributed by atoms with Gasteiger partial charge in [-0.05, 0) is 50.2 Å². The minimum atomic E-state index is 0.127. The van der Waals surface area contributed by atoms with Crippen LogP contribution in [0.15, 0.2) is 24.3 Å². The number of nitrogens with one attached hydrogen (secondary N) is 1. The van der Waals surface area contributed by atoms with Crippen LogP contribution in [-0.4, -0.2) is 35.8 Å². The standard InChI is InChI=1S/C20H28N2O2/c1-15-5-2-3-6-16(15)9-10-19(23)21-18-11-13-22(14-12-18)20(24)17-7-4-8-17/h2-3,5-6,17-18H,4,7-14H2,1H3,(H,21,23). The van der Waals surface area contributed by atoms with Crippen LogP contribution in [0, 0.1) is 12.8 Å². The maximum atomic E-state index is 12.2. The molecule has 0 spiro atoms. The van der Waals surface area contributed by atoms with Gasteiger partial charge in [-0.3, -0.25) is 9.59 Å². The highest BCUT2D eigenvalue weighted by Gasteiger charge is 2.31. The molecule has 4 nitrogen and oxygen atoms in total. The average molecular weight is 328 g/mol. The smallest absolute Gasteiger partial charge is 0.225 e. The lowest BCUT2D eigenvalue weighted by atomic mass is 9.84. The van der Waals surface area contributed by atoms with Crippen molar-refractivity contribution in [3.8, 4) is 0 Å². The van der Waals surface area contributed by atoms with E-state index in [0.717, 1.165) is 45.2 Å². The van der Waals surface area contributed by atoms with E-state index in [4.69, 9.17) is 0 Å². The lowest BCUT2D eigenvalue weighted by Crippen LogP contribution is -2.48. The van der Waals surface area contributed by atoms with Gasteiger partial charge in [-0.25, -0.2) is 0 Å². The van der Waals surface area contributed by atoms with E-state index >= 15 is 0 Å². The molecule has 0 radical (unpaired) electrons. The van der Waals surface area contributed by atoms with Crippen LogP contribution >= 0.6 is 0 Å². The van der Waals surface area contributed by atoms with E-state index in [9.17, 15) is 9.59 Å². The van der Waals surface area contributed by atoms with Crippen LogP contribution in [0.4, 0.5) is 0 Å². The summed E-state index contributed by atoms with van der Waals surface area (Å²) in [5.74, 6) is 0.748. The Kier molecular flexibility index (Phi) is 5.54. The van der Waals surface area contributed by atoms with E-state index in [2.05, 4.69) is 24.4 Å². The summed E-state index contributed by atoms with van der Waals surface area (Å²) in [6.07, 6.45) is 6.42. The van der Waals surface area contributed by atoms with Gasteiger partial charge in [0.25, 0.3) is 0 Å². The quantitative estimate of drug-likeness (QED) is 0.903. The molecule has 1 aliphatic carbocycles. The zero-order valence-corrected chi connectivity index (χ0v) is 14.6. The van der Waals surface area contributed by atoms with Gasteiger partial charge in [0.1, 0.15) is 0 Å². The fraction of sp³-hybridized carbons (Fsp3) is 0.600. The van der Waals surface area contributed by atoms with Crippen molar-refractivity contribution in [1.82, 2.24) is 10.2 Å². The number of benzene rings is 1. The number of likely N-dealkylation sites (tertiary alicyclic amines) is 1. The van der Waals surface area contributed by atoms with Crippen LogP contribution in [0.2, 0.25) is 0 Å². The van der Waals surface area contributed by atoms with E-state index in [1.54, 1.807) is 0 Å². The van der Waals surface area contributed by atoms with Gasteiger partial charge in [0.05, 0.1) is 0 Å². The second-order valence-electron chi connectivity index (χ2n) is 7.22. The molecule has 1 saturated carbocycles. The Bertz CT molecular complexity index is 587. The van der Waals surface area contributed by atoms with Crippen LogP contribution in [0.1, 0.15) is 49.7 Å². The van der Waals surface area contributed by atoms with Crippen molar-refractivity contribution in [1.29, 1.82) is 0 Å². The third-order valence-corrected chi connectivity index (χ3v) is 5.51. The first-order valence-electron chi connectivity index (χ1n) is 9.26. The van der Waals surface area contributed by atoms with Gasteiger partial charge >= 0.3 is 0 Å². The van der Waals surface area contributed by atoms with Gasteiger partial charge in [0, 0.05) is 31.5 Å². The molecule has 1 aromatic carbocycles. The Morgan fingerprint density at radius 3 is 2.46 bits per heavy atom. The molecule has 1 saturated heterocycles. The van der Waals surface area contributed by atoms with Crippen LogP contribution in [0.5, 0.6) is 0 Å². The first kappa shape index (κ1) is 17.0. The summed E-state index contributed by atoms with van der Waals surface area (Å²) in [7, 11) is 0. The molecule has 1 aliphatic heterocycles. The number of carbonyl (C=O) groups excluding carboxylic acids is 2. The van der Waals surface area contributed by atoms with Gasteiger partial charge in [0.2, 0.25) is 11.8 Å². The Balaban J connectivity index is 1.38. The Morgan fingerprint density at radius 2 is 1.83 bits per heavy atom. The molecule has 1 N–H and O–H groups in total. The summed E-state index contributed by atoms with van der Waals surface area (Å²) >= 11 is 0. The van der Waals surface area contributed by atoms with Crippen molar-refractivity contribution in [2.75, 3.05) is 13.1 Å². The summed E-state index contributed by atoms with van der Waals surface area (Å²) in [5.41, 5.74) is 2.49. The van der Waals surface area contributed by atoms with E-state index in [0.29, 0.717) is 12.3 Å². The highest BCUT2D eigenvalue weighted by Crippen LogP contribution is 2.29. The monoisotopic (exact) mass is 328 g/mol. The van der Waals surface area contributed by atoms with Gasteiger partial charge in [0.15, 0.2) is 0 Å². The molecule has 2 amide bonds. The third-order valence-electron chi connectivity index (χ3n) is 5.51. The summed E-state index contributed by atoms with van der Waals surface area (Å²) in [4.78, 5) is 26.4. The van der Waals surface area contributed by atoms with E-state index in [1.165, 1.54) is 17.5 Å². The van der Waals surface area contributed by atoms with Crippen molar-refractivity contribution >= 4 is 11.8 Å². The Labute approximate surface area is 144 Å². The van der Waals surface area contributed by atoms with Crippen molar-refractivity contribution in [3.63, 3.8) is 0 Å². The van der Waals surface area contributed by atoms with Crippen molar-refractivity contribution in [2.24, 2.45) is 5.92 Å². The zero-order chi connectivity index (χ0) is 16.9. The van der Waals surface area contributed by atoms with Crippen molar-refractivity contribution in [2.45, 2.75) is 57.9 Å². The summed E-state index contributed by atoms with van der Waals surface area (Å²) < 4.78 is 0. The van der Waals surface area contributed by atoms with Crippen LogP contribution in [-0.2, 0) is 16.0 Å². The molecule has 0 atom stereocenters. The number of hydrogen-bond donors (Lipinski definition) is 1. The van der Waals surface area contributed by atoms with Crippen molar-refractivity contribution < 1.29 is 9.59 Å². The molecule has 0 bridgehead atoms. The van der Waals surface area contributed by atoms with Crippen molar-refractivity contribution in [3.05, 3.63) is 35.4 Å². The van der Waals surface area contributed by atoms with Crippen LogP contribution in [0.25, 0.3) is 0 Å². The number of rotatable bonds is 5. The molecule has 0 aromatic heterocycles. The number of piperidine rings is 1. The molecule has 1 aromatic rings. The minimum Gasteiger partial charge on any atom is -0.353 e. The molecular weight excluding hydrogens is 300 g/mol. The number of nitrogens with zero attached hydrogens (tertiary/aromatic N) is 1. The minimum absolute atomic E-state index is 0.127. The SMILES string of the molecule is Cc1ccccc1CCC(=O)NC1CCN(C(=O)C2CCC2)CC1. The predicted molar refractivity (Wildman–Crippen MR) is 94.6 cm³/mol. The second kappa shape index (κ2) is 7.82. The summed E-state index contributed by atoms with van der Waals surface area (Å²) in [6, 6.07) is 8.45. The molecule has 130 valence electrons. The first-order chi connectivity index (χ1) is 11.6. The van der Waals surface area contributed by atoms with Gasteiger partial charge in [-0.1, -0.05) is 30.7 Å². The maximum absolute atomic E-state index is 12.2. The maximum Gasteiger partial charge on any atom is 0.225 e. The average Bonchev–Trinajstić information content (AvgIpc) is 2.53. The lowest BCUT2D eigenvalue weighted by Gasteiger charge is -2.36. The molecule has 2 aliphatic rings. The highest BCUT2D eigenvalue weighted by molar-refractivity contribution is 5.80. The molecule has 2 fully saturated rings. The number of amides is 2. The van der Waals surface area contributed by atoms with Gasteiger partial charge in [-0.2, -0.15) is 0 Å². The topological polar surface area (TPSA) is 49.4 Å². The highest BCUT2D eigenvalue weighted by atomic mass is 16.2. The number of aryl methyl sites for hydroxylation is 2. The molecule has 1 heterocycles. The molecule has 4 heteroatoms. The lowest BCUT2D eigenvalue weighted by molar-refractivity contribution is -0.139. The van der Waals surface area contributed by atoms with Gasteiger partial charge < -0.3 is 10.2 Å². The zero-order valence-electron chi connectivity index (χ0n) is 14.6. The fourth-order valence-corrected chi connectivity index (χ4v) is 3.60. The number of carbonyl (C=O) groups is 2. The van der Waals surface area contributed by atoms with Crippen LogP contribution in [0.3, 0.4) is 0 Å². The number of hydrogen-bond acceptors (Lipinski definition) is 2. The fourth-order valence-electron chi connectivity index (χ4n) is 3.60. The van der Waals surface area contributed by atoms with E-state index in [-0.39, 0.29) is 17.9 Å². The third kappa shape index (κ3) is 4.16. The molecule has 0 unspecified atom stereocenters.